The molecule has 17 heavy (non-hydrogen) atoms. The van der Waals surface area contributed by atoms with Crippen LogP contribution >= 0.6 is 0 Å². The summed E-state index contributed by atoms with van der Waals surface area (Å²) in [6.45, 7) is 4.77. The average molecular weight is 233 g/mol. The number of hydrogen-bond acceptors (Lipinski definition) is 2. The van der Waals surface area contributed by atoms with E-state index in [1.165, 1.54) is 0 Å². The lowest BCUT2D eigenvalue weighted by molar-refractivity contribution is 0.0740. The molecular formula is C14H19NO2. The molecule has 0 saturated heterocycles. The Morgan fingerprint density at radius 1 is 1.47 bits per heavy atom. The molecule has 3 heteroatoms. The van der Waals surface area contributed by atoms with Crippen molar-refractivity contribution in [2.45, 2.75) is 39.2 Å². The van der Waals surface area contributed by atoms with Gasteiger partial charge < -0.3 is 10.0 Å². The fraction of sp³-hybridized carbons (Fsp3) is 0.500. The Labute approximate surface area is 102 Å². The second kappa shape index (κ2) is 4.78. The first-order valence-corrected chi connectivity index (χ1v) is 6.24. The minimum atomic E-state index is -0.0319. The van der Waals surface area contributed by atoms with Crippen LogP contribution < -0.4 is 0 Å². The predicted octanol–water partition coefficient (Wildman–Crippen LogP) is 2.72. The van der Waals surface area contributed by atoms with Crippen molar-refractivity contribution in [3.8, 4) is 5.75 Å². The van der Waals surface area contributed by atoms with Crippen LogP contribution in [0.4, 0.5) is 0 Å². The summed E-state index contributed by atoms with van der Waals surface area (Å²) in [6.07, 6.45) is 3.14. The molecule has 0 aromatic heterocycles. The van der Waals surface area contributed by atoms with Crippen LogP contribution in [0.25, 0.3) is 0 Å². The Morgan fingerprint density at radius 2 is 2.18 bits per heavy atom. The zero-order chi connectivity index (χ0) is 12.4. The van der Waals surface area contributed by atoms with Crippen molar-refractivity contribution in [1.29, 1.82) is 0 Å². The number of rotatable bonds is 4. The van der Waals surface area contributed by atoms with Gasteiger partial charge in [-0.15, -0.1) is 0 Å². The number of aryl methyl sites for hydroxylation is 1. The smallest absolute Gasteiger partial charge is 0.257 e. The van der Waals surface area contributed by atoms with E-state index in [2.05, 4.69) is 6.92 Å². The zero-order valence-corrected chi connectivity index (χ0v) is 10.4. The van der Waals surface area contributed by atoms with E-state index in [-0.39, 0.29) is 11.7 Å². The lowest BCUT2D eigenvalue weighted by Crippen LogP contribution is -2.33. The first-order chi connectivity index (χ1) is 8.13. The second-order valence-electron chi connectivity index (χ2n) is 4.75. The number of nitrogens with zero attached hydrogens (tertiary/aromatic N) is 1. The number of carbonyl (C=O) groups is 1. The predicted molar refractivity (Wildman–Crippen MR) is 67.2 cm³/mol. The summed E-state index contributed by atoms with van der Waals surface area (Å²) in [6, 6.07) is 5.57. The minimum absolute atomic E-state index is 0.0319. The van der Waals surface area contributed by atoms with E-state index in [4.69, 9.17) is 0 Å². The van der Waals surface area contributed by atoms with Crippen LogP contribution in [-0.2, 0) is 0 Å². The quantitative estimate of drug-likeness (QED) is 0.868. The summed E-state index contributed by atoms with van der Waals surface area (Å²) in [5, 5.41) is 9.78. The van der Waals surface area contributed by atoms with Gasteiger partial charge in [0.05, 0.1) is 5.56 Å². The third kappa shape index (κ3) is 2.60. The monoisotopic (exact) mass is 233 g/mol. The normalized spacial score (nSPS) is 14.7. The van der Waals surface area contributed by atoms with E-state index in [1.807, 2.05) is 17.9 Å². The maximum absolute atomic E-state index is 12.4. The van der Waals surface area contributed by atoms with Crippen LogP contribution in [0.5, 0.6) is 5.75 Å². The first-order valence-electron chi connectivity index (χ1n) is 6.24. The zero-order valence-electron chi connectivity index (χ0n) is 10.4. The van der Waals surface area contributed by atoms with E-state index in [0.717, 1.165) is 31.4 Å². The van der Waals surface area contributed by atoms with E-state index in [0.29, 0.717) is 11.6 Å². The molecule has 92 valence electrons. The molecule has 0 heterocycles. The number of hydrogen-bond donors (Lipinski definition) is 1. The summed E-state index contributed by atoms with van der Waals surface area (Å²) < 4.78 is 0. The van der Waals surface area contributed by atoms with Crippen molar-refractivity contribution in [3.63, 3.8) is 0 Å². The molecule has 1 amide bonds. The van der Waals surface area contributed by atoms with Crippen LogP contribution in [0, 0.1) is 6.92 Å². The molecule has 0 bridgehead atoms. The van der Waals surface area contributed by atoms with Gasteiger partial charge >= 0.3 is 0 Å². The highest BCUT2D eigenvalue weighted by atomic mass is 16.3. The highest BCUT2D eigenvalue weighted by molar-refractivity contribution is 5.97. The van der Waals surface area contributed by atoms with Crippen LogP contribution in [0.15, 0.2) is 18.2 Å². The largest absolute Gasteiger partial charge is 0.507 e. The summed E-state index contributed by atoms with van der Waals surface area (Å²) in [7, 11) is 0. The van der Waals surface area contributed by atoms with Gasteiger partial charge in [0, 0.05) is 12.6 Å². The second-order valence-corrected chi connectivity index (χ2v) is 4.75. The van der Waals surface area contributed by atoms with E-state index in [1.54, 1.807) is 12.1 Å². The summed E-state index contributed by atoms with van der Waals surface area (Å²) in [5.74, 6) is 0.0536. The molecule has 0 aliphatic heterocycles. The Kier molecular flexibility index (Phi) is 3.36. The van der Waals surface area contributed by atoms with Crippen LogP contribution in [0.3, 0.4) is 0 Å². The third-order valence-electron chi connectivity index (χ3n) is 3.10. The van der Waals surface area contributed by atoms with Crippen molar-refractivity contribution in [1.82, 2.24) is 4.90 Å². The lowest BCUT2D eigenvalue weighted by atomic mass is 10.1. The SMILES string of the molecule is CCCN(C(=O)c1cc(C)ccc1O)C1CC1. The molecule has 0 radical (unpaired) electrons. The first kappa shape index (κ1) is 12.0. The van der Waals surface area contributed by atoms with Gasteiger partial charge in [-0.2, -0.15) is 0 Å². The Hall–Kier alpha value is -1.51. The van der Waals surface area contributed by atoms with Gasteiger partial charge in [0.15, 0.2) is 0 Å². The molecule has 0 unspecified atom stereocenters. The van der Waals surface area contributed by atoms with Crippen molar-refractivity contribution in [2.75, 3.05) is 6.54 Å². The number of amides is 1. The van der Waals surface area contributed by atoms with Gasteiger partial charge in [0.25, 0.3) is 5.91 Å². The average Bonchev–Trinajstić information content (AvgIpc) is 3.12. The molecule has 1 N–H and O–H groups in total. The number of aromatic hydroxyl groups is 1. The van der Waals surface area contributed by atoms with Gasteiger partial charge in [0.1, 0.15) is 5.75 Å². The summed E-state index contributed by atoms with van der Waals surface area (Å²) >= 11 is 0. The molecule has 3 nitrogen and oxygen atoms in total. The molecule has 1 aliphatic rings. The molecule has 1 aromatic rings. The number of phenols is 1. The topological polar surface area (TPSA) is 40.5 Å². The highest BCUT2D eigenvalue weighted by Gasteiger charge is 2.33. The molecule has 2 rings (SSSR count). The summed E-state index contributed by atoms with van der Waals surface area (Å²) in [5.41, 5.74) is 1.43. The van der Waals surface area contributed by atoms with Gasteiger partial charge in [-0.1, -0.05) is 18.6 Å². The van der Waals surface area contributed by atoms with E-state index >= 15 is 0 Å². The molecule has 1 fully saturated rings. The van der Waals surface area contributed by atoms with Crippen molar-refractivity contribution in [2.24, 2.45) is 0 Å². The van der Waals surface area contributed by atoms with Gasteiger partial charge in [-0.3, -0.25) is 4.79 Å². The van der Waals surface area contributed by atoms with Gasteiger partial charge in [-0.05, 0) is 38.3 Å². The minimum Gasteiger partial charge on any atom is -0.507 e. The maximum atomic E-state index is 12.4. The summed E-state index contributed by atoms with van der Waals surface area (Å²) in [4.78, 5) is 14.3. The van der Waals surface area contributed by atoms with Crippen molar-refractivity contribution >= 4 is 5.91 Å². The fourth-order valence-corrected chi connectivity index (χ4v) is 2.05. The Morgan fingerprint density at radius 3 is 2.76 bits per heavy atom. The molecule has 1 saturated carbocycles. The Bertz CT molecular complexity index is 424. The van der Waals surface area contributed by atoms with Gasteiger partial charge in [0.2, 0.25) is 0 Å². The Balaban J connectivity index is 2.24. The van der Waals surface area contributed by atoms with Crippen LogP contribution in [0.2, 0.25) is 0 Å². The van der Waals surface area contributed by atoms with Crippen molar-refractivity contribution < 1.29 is 9.90 Å². The lowest BCUT2D eigenvalue weighted by Gasteiger charge is -2.22. The number of phenolic OH excluding ortho intramolecular Hbond substituents is 1. The molecule has 1 aliphatic carbocycles. The highest BCUT2D eigenvalue weighted by Crippen LogP contribution is 2.30. The molecule has 0 spiro atoms. The number of carbonyl (C=O) groups excluding carboxylic acids is 1. The fourth-order valence-electron chi connectivity index (χ4n) is 2.05. The molecular weight excluding hydrogens is 214 g/mol. The number of benzene rings is 1. The van der Waals surface area contributed by atoms with E-state index < -0.39 is 0 Å². The van der Waals surface area contributed by atoms with Crippen molar-refractivity contribution in [3.05, 3.63) is 29.3 Å². The third-order valence-corrected chi connectivity index (χ3v) is 3.10. The van der Waals surface area contributed by atoms with Crippen LogP contribution in [0.1, 0.15) is 42.1 Å². The van der Waals surface area contributed by atoms with E-state index in [9.17, 15) is 9.90 Å². The standard InChI is InChI=1S/C14H19NO2/c1-3-8-15(11-5-6-11)14(17)12-9-10(2)4-7-13(12)16/h4,7,9,11,16H,3,5-6,8H2,1-2H3. The maximum Gasteiger partial charge on any atom is 0.257 e. The molecule has 1 aromatic carbocycles. The molecule has 0 atom stereocenters. The van der Waals surface area contributed by atoms with Crippen LogP contribution in [-0.4, -0.2) is 28.5 Å². The van der Waals surface area contributed by atoms with Gasteiger partial charge in [-0.25, -0.2) is 0 Å².